The first-order valence-electron chi connectivity index (χ1n) is 2.82. The third-order valence-electron chi connectivity index (χ3n) is 0.772. The lowest BCUT2D eigenvalue weighted by Crippen LogP contribution is -2.04. The van der Waals surface area contributed by atoms with Gasteiger partial charge in [0.1, 0.15) is 10.2 Å². The first-order chi connectivity index (χ1) is 4.59. The van der Waals surface area contributed by atoms with E-state index < -0.39 is 5.97 Å². The summed E-state index contributed by atoms with van der Waals surface area (Å²) in [4.78, 5) is 10.7. The average Bonchev–Trinajstić information content (AvgIpc) is 1.87. The largest absolute Gasteiger partial charge is 0.511 e. The SMILES string of the molecule is CCOC(=O)C(Br)=C(C)O. The van der Waals surface area contributed by atoms with E-state index in [0.717, 1.165) is 0 Å². The summed E-state index contributed by atoms with van der Waals surface area (Å²) in [5.41, 5.74) is 0. The third-order valence-corrected chi connectivity index (χ3v) is 1.67. The minimum atomic E-state index is -0.539. The number of halogens is 1. The summed E-state index contributed by atoms with van der Waals surface area (Å²) < 4.78 is 4.64. The molecule has 0 aromatic rings. The minimum Gasteiger partial charge on any atom is -0.511 e. The lowest BCUT2D eigenvalue weighted by molar-refractivity contribution is -0.137. The van der Waals surface area contributed by atoms with Crippen LogP contribution in [0.1, 0.15) is 13.8 Å². The summed E-state index contributed by atoms with van der Waals surface area (Å²) in [5.74, 6) is -0.610. The molecule has 0 amide bonds. The van der Waals surface area contributed by atoms with E-state index in [1.165, 1.54) is 6.92 Å². The van der Waals surface area contributed by atoms with Crippen LogP contribution in [0.4, 0.5) is 0 Å². The van der Waals surface area contributed by atoms with Gasteiger partial charge in [0.05, 0.1) is 6.61 Å². The summed E-state index contributed by atoms with van der Waals surface area (Å²) in [6.07, 6.45) is 0. The lowest BCUT2D eigenvalue weighted by atomic mass is 10.5. The van der Waals surface area contributed by atoms with Crippen molar-refractivity contribution in [3.63, 3.8) is 0 Å². The Kier molecular flexibility index (Phi) is 4.11. The fourth-order valence-corrected chi connectivity index (χ4v) is 0.457. The van der Waals surface area contributed by atoms with E-state index in [9.17, 15) is 4.79 Å². The molecule has 0 aromatic carbocycles. The molecule has 0 saturated carbocycles. The van der Waals surface area contributed by atoms with Crippen LogP contribution in [0.5, 0.6) is 0 Å². The van der Waals surface area contributed by atoms with E-state index in [4.69, 9.17) is 5.11 Å². The molecule has 3 nitrogen and oxygen atoms in total. The molecule has 0 atom stereocenters. The summed E-state index contributed by atoms with van der Waals surface area (Å²) in [6, 6.07) is 0. The molecule has 58 valence electrons. The summed E-state index contributed by atoms with van der Waals surface area (Å²) in [5, 5.41) is 8.75. The second kappa shape index (κ2) is 4.33. The maximum Gasteiger partial charge on any atom is 0.348 e. The van der Waals surface area contributed by atoms with Crippen molar-refractivity contribution in [1.29, 1.82) is 0 Å². The number of aliphatic hydroxyl groups is 1. The fraction of sp³-hybridized carbons (Fsp3) is 0.500. The Labute approximate surface area is 67.8 Å². The van der Waals surface area contributed by atoms with E-state index in [-0.39, 0.29) is 10.2 Å². The zero-order chi connectivity index (χ0) is 8.15. The number of ether oxygens (including phenoxy) is 1. The topological polar surface area (TPSA) is 46.5 Å². The Hall–Kier alpha value is -0.510. The van der Waals surface area contributed by atoms with Gasteiger partial charge in [-0.1, -0.05) is 0 Å². The van der Waals surface area contributed by atoms with Crippen molar-refractivity contribution in [3.8, 4) is 0 Å². The smallest absolute Gasteiger partial charge is 0.348 e. The van der Waals surface area contributed by atoms with Crippen molar-refractivity contribution in [2.45, 2.75) is 13.8 Å². The molecular formula is C6H9BrO3. The highest BCUT2D eigenvalue weighted by Crippen LogP contribution is 2.10. The van der Waals surface area contributed by atoms with E-state index in [2.05, 4.69) is 20.7 Å². The highest BCUT2D eigenvalue weighted by atomic mass is 79.9. The summed E-state index contributed by atoms with van der Waals surface area (Å²) >= 11 is 2.86. The number of rotatable bonds is 2. The molecule has 0 fully saturated rings. The predicted octanol–water partition coefficient (Wildman–Crippen LogP) is 1.73. The van der Waals surface area contributed by atoms with Crippen molar-refractivity contribution < 1.29 is 14.6 Å². The normalized spacial score (nSPS) is 12.3. The second-order valence-corrected chi connectivity index (χ2v) is 2.41. The average molecular weight is 209 g/mol. The number of esters is 1. The molecule has 0 radical (unpaired) electrons. The molecule has 0 rings (SSSR count). The lowest BCUT2D eigenvalue weighted by Gasteiger charge is -1.99. The summed E-state index contributed by atoms with van der Waals surface area (Å²) in [7, 11) is 0. The molecule has 0 saturated heterocycles. The monoisotopic (exact) mass is 208 g/mol. The van der Waals surface area contributed by atoms with Crippen molar-refractivity contribution in [2.24, 2.45) is 0 Å². The minimum absolute atomic E-state index is 0.0709. The molecule has 0 aliphatic heterocycles. The van der Waals surface area contributed by atoms with Gasteiger partial charge in [-0.25, -0.2) is 4.79 Å². The summed E-state index contributed by atoms with van der Waals surface area (Å²) in [6.45, 7) is 3.41. The Morgan fingerprint density at radius 3 is 2.50 bits per heavy atom. The van der Waals surface area contributed by atoms with Crippen molar-refractivity contribution in [2.75, 3.05) is 6.61 Å². The van der Waals surface area contributed by atoms with E-state index >= 15 is 0 Å². The molecule has 10 heavy (non-hydrogen) atoms. The molecule has 0 spiro atoms. The molecule has 4 heteroatoms. The molecule has 0 aliphatic rings. The van der Waals surface area contributed by atoms with Gasteiger partial charge in [0.2, 0.25) is 0 Å². The predicted molar refractivity (Wildman–Crippen MR) is 40.9 cm³/mol. The van der Waals surface area contributed by atoms with E-state index in [1.807, 2.05) is 0 Å². The van der Waals surface area contributed by atoms with Crippen LogP contribution in [0, 0.1) is 0 Å². The maximum atomic E-state index is 10.7. The first-order valence-corrected chi connectivity index (χ1v) is 3.61. The molecule has 0 aromatic heterocycles. The Morgan fingerprint density at radius 1 is 1.70 bits per heavy atom. The Bertz CT molecular complexity index is 158. The maximum absolute atomic E-state index is 10.7. The van der Waals surface area contributed by atoms with Crippen LogP contribution in [-0.4, -0.2) is 17.7 Å². The van der Waals surface area contributed by atoms with Gasteiger partial charge in [0, 0.05) is 0 Å². The highest BCUT2D eigenvalue weighted by molar-refractivity contribution is 9.12. The van der Waals surface area contributed by atoms with E-state index in [1.54, 1.807) is 6.92 Å². The zero-order valence-corrected chi connectivity index (χ0v) is 7.43. The van der Waals surface area contributed by atoms with Gasteiger partial charge in [0.25, 0.3) is 0 Å². The molecule has 0 unspecified atom stereocenters. The van der Waals surface area contributed by atoms with Crippen LogP contribution in [0.3, 0.4) is 0 Å². The zero-order valence-electron chi connectivity index (χ0n) is 5.85. The third kappa shape index (κ3) is 2.87. The van der Waals surface area contributed by atoms with Crippen molar-refractivity contribution in [3.05, 3.63) is 10.2 Å². The van der Waals surface area contributed by atoms with Gasteiger partial charge in [-0.3, -0.25) is 0 Å². The van der Waals surface area contributed by atoms with Crippen LogP contribution < -0.4 is 0 Å². The number of allylic oxidation sites excluding steroid dienone is 1. The number of aliphatic hydroxyl groups excluding tert-OH is 1. The Morgan fingerprint density at radius 2 is 2.20 bits per heavy atom. The van der Waals surface area contributed by atoms with Crippen molar-refractivity contribution >= 4 is 21.9 Å². The number of carbonyl (C=O) groups excluding carboxylic acids is 1. The van der Waals surface area contributed by atoms with Crippen LogP contribution in [0.15, 0.2) is 10.2 Å². The first kappa shape index (κ1) is 9.49. The Balaban J connectivity index is 4.09. The van der Waals surface area contributed by atoms with E-state index in [0.29, 0.717) is 6.61 Å². The van der Waals surface area contributed by atoms with Gasteiger partial charge in [0.15, 0.2) is 0 Å². The van der Waals surface area contributed by atoms with Crippen molar-refractivity contribution in [1.82, 2.24) is 0 Å². The molecule has 0 aliphatic carbocycles. The fourth-order valence-electron chi connectivity index (χ4n) is 0.342. The standard InChI is InChI=1S/C6H9BrO3/c1-3-10-6(9)5(7)4(2)8/h8H,3H2,1-2H3. The van der Waals surface area contributed by atoms with Gasteiger partial charge < -0.3 is 9.84 Å². The molecule has 0 bridgehead atoms. The quantitative estimate of drug-likeness (QED) is 0.428. The molecule has 0 heterocycles. The molecular weight excluding hydrogens is 200 g/mol. The molecule has 1 N–H and O–H groups in total. The van der Waals surface area contributed by atoms with Gasteiger partial charge in [-0.05, 0) is 29.8 Å². The van der Waals surface area contributed by atoms with Gasteiger partial charge >= 0.3 is 5.97 Å². The number of hydrogen-bond acceptors (Lipinski definition) is 3. The number of carbonyl (C=O) groups is 1. The van der Waals surface area contributed by atoms with Gasteiger partial charge in [-0.2, -0.15) is 0 Å². The highest BCUT2D eigenvalue weighted by Gasteiger charge is 2.08. The second-order valence-electron chi connectivity index (χ2n) is 1.62. The number of hydrogen-bond donors (Lipinski definition) is 1. The van der Waals surface area contributed by atoms with Crippen LogP contribution in [0.25, 0.3) is 0 Å². The van der Waals surface area contributed by atoms with Gasteiger partial charge in [-0.15, -0.1) is 0 Å². The van der Waals surface area contributed by atoms with Crippen LogP contribution in [0.2, 0.25) is 0 Å². The van der Waals surface area contributed by atoms with Crippen LogP contribution >= 0.6 is 15.9 Å². The van der Waals surface area contributed by atoms with Crippen LogP contribution in [-0.2, 0) is 9.53 Å².